The van der Waals surface area contributed by atoms with Gasteiger partial charge in [0, 0.05) is 23.3 Å². The van der Waals surface area contributed by atoms with Crippen LogP contribution in [0.1, 0.15) is 35.3 Å². The van der Waals surface area contributed by atoms with Crippen molar-refractivity contribution < 1.29 is 19.2 Å². The number of thiophene rings is 1. The number of carbonyl (C=O) groups is 2. The maximum Gasteiger partial charge on any atom is 0.433 e. The Morgan fingerprint density at radius 1 is 1.42 bits per heavy atom. The molecule has 164 valence electrons. The highest BCUT2D eigenvalue weighted by Crippen LogP contribution is 2.41. The van der Waals surface area contributed by atoms with Crippen LogP contribution >= 0.6 is 11.3 Å². The number of ether oxygens (including phenoxy) is 1. The zero-order chi connectivity index (χ0) is 21.6. The van der Waals surface area contributed by atoms with E-state index in [-0.39, 0.29) is 11.8 Å². The lowest BCUT2D eigenvalue weighted by Gasteiger charge is -2.27. The van der Waals surface area contributed by atoms with Crippen LogP contribution in [-0.4, -0.2) is 41.8 Å². The Kier molecular flexibility index (Phi) is 6.83. The van der Waals surface area contributed by atoms with Crippen LogP contribution in [0.3, 0.4) is 0 Å². The molecule has 9 heteroatoms. The van der Waals surface area contributed by atoms with Crippen molar-refractivity contribution in [1.82, 2.24) is 10.0 Å². The number of nitrogens with zero attached hydrogens (tertiary/aromatic N) is 2. The van der Waals surface area contributed by atoms with Crippen molar-refractivity contribution in [1.29, 1.82) is 0 Å². The molecular weight excluding hydrogens is 416 g/mol. The largest absolute Gasteiger partial charge is 0.448 e. The van der Waals surface area contributed by atoms with E-state index in [1.54, 1.807) is 18.5 Å². The number of hydrogen-bond donors (Lipinski definition) is 2. The number of aromatic nitrogens is 1. The fraction of sp³-hybridized carbons (Fsp3) is 0.409. The summed E-state index contributed by atoms with van der Waals surface area (Å²) >= 11 is 1.50. The molecule has 2 aromatic heterocycles. The summed E-state index contributed by atoms with van der Waals surface area (Å²) in [5.41, 5.74) is 8.88. The molecule has 1 unspecified atom stereocenters. The first-order valence-electron chi connectivity index (χ1n) is 10.5. The number of hydroxylamine groups is 2. The van der Waals surface area contributed by atoms with E-state index in [9.17, 15) is 9.59 Å². The molecular formula is C22H26N4O4S. The molecule has 2 aromatic rings. The van der Waals surface area contributed by atoms with Gasteiger partial charge in [0.15, 0.2) is 0 Å². The van der Waals surface area contributed by atoms with Crippen molar-refractivity contribution in [2.75, 3.05) is 30.8 Å². The zero-order valence-corrected chi connectivity index (χ0v) is 18.0. The van der Waals surface area contributed by atoms with Crippen LogP contribution in [0.25, 0.3) is 6.08 Å². The van der Waals surface area contributed by atoms with Gasteiger partial charge in [0.1, 0.15) is 5.00 Å². The van der Waals surface area contributed by atoms with Gasteiger partial charge in [0.05, 0.1) is 25.4 Å². The molecule has 3 heterocycles. The zero-order valence-electron chi connectivity index (χ0n) is 17.2. The number of rotatable bonds is 5. The highest BCUT2D eigenvalue weighted by molar-refractivity contribution is 7.17. The minimum Gasteiger partial charge on any atom is -0.448 e. The molecule has 4 rings (SSSR count). The van der Waals surface area contributed by atoms with Crippen LogP contribution in [-0.2, 0) is 27.2 Å². The third-order valence-electron chi connectivity index (χ3n) is 5.41. The molecule has 31 heavy (non-hydrogen) atoms. The summed E-state index contributed by atoms with van der Waals surface area (Å²) < 4.78 is 5.46. The third kappa shape index (κ3) is 5.42. The van der Waals surface area contributed by atoms with Crippen molar-refractivity contribution in [2.45, 2.75) is 32.1 Å². The van der Waals surface area contributed by atoms with E-state index < -0.39 is 6.09 Å². The highest BCUT2D eigenvalue weighted by Gasteiger charge is 2.27. The standard InChI is InChI=1S/C22H26N4O4S/c23-20-17-7-5-16(14-29-22(28)26-10-1-2-11-30-26)12-18(17)31-21(20)25-19(27)8-6-15-4-3-9-24-13-15/h3-4,6,8-9,13,16H,1-2,5,7,10-12,14,23H2,(H,25,27)/b8-6+. The van der Waals surface area contributed by atoms with E-state index in [4.69, 9.17) is 15.3 Å². The van der Waals surface area contributed by atoms with E-state index in [1.807, 2.05) is 12.1 Å². The predicted molar refractivity (Wildman–Crippen MR) is 119 cm³/mol. The maximum absolute atomic E-state index is 12.3. The monoisotopic (exact) mass is 442 g/mol. The van der Waals surface area contributed by atoms with Gasteiger partial charge in [-0.2, -0.15) is 5.06 Å². The molecule has 0 spiro atoms. The molecule has 1 saturated heterocycles. The molecule has 0 radical (unpaired) electrons. The van der Waals surface area contributed by atoms with Crippen molar-refractivity contribution >= 4 is 40.1 Å². The minimum atomic E-state index is -0.412. The van der Waals surface area contributed by atoms with Gasteiger partial charge in [0.2, 0.25) is 5.91 Å². The van der Waals surface area contributed by atoms with E-state index in [0.717, 1.165) is 48.1 Å². The lowest BCUT2D eigenvalue weighted by molar-refractivity contribution is -0.157. The summed E-state index contributed by atoms with van der Waals surface area (Å²) in [7, 11) is 0. The predicted octanol–water partition coefficient (Wildman–Crippen LogP) is 3.65. The Bertz CT molecular complexity index is 954. The van der Waals surface area contributed by atoms with Crippen molar-refractivity contribution in [3.05, 3.63) is 46.6 Å². The van der Waals surface area contributed by atoms with Gasteiger partial charge in [-0.1, -0.05) is 6.07 Å². The van der Waals surface area contributed by atoms with Gasteiger partial charge in [-0.25, -0.2) is 4.79 Å². The van der Waals surface area contributed by atoms with Gasteiger partial charge < -0.3 is 15.8 Å². The molecule has 1 aliphatic heterocycles. The number of fused-ring (bicyclic) bond motifs is 1. The molecule has 3 N–H and O–H groups in total. The Morgan fingerprint density at radius 2 is 2.32 bits per heavy atom. The highest BCUT2D eigenvalue weighted by atomic mass is 32.1. The number of carbonyl (C=O) groups excluding carboxylic acids is 2. The number of amides is 2. The average Bonchev–Trinajstić information content (AvgIpc) is 3.11. The maximum atomic E-state index is 12.3. The number of nitrogens with two attached hydrogens (primary N) is 1. The fourth-order valence-corrected chi connectivity index (χ4v) is 5.00. The first kappa shape index (κ1) is 21.3. The lowest BCUT2D eigenvalue weighted by Crippen LogP contribution is -2.37. The first-order valence-corrected chi connectivity index (χ1v) is 11.3. The van der Waals surface area contributed by atoms with Crippen molar-refractivity contribution in [2.24, 2.45) is 5.92 Å². The second-order valence-corrected chi connectivity index (χ2v) is 8.79. The topological polar surface area (TPSA) is 107 Å². The quantitative estimate of drug-likeness (QED) is 0.685. The number of nitrogens with one attached hydrogen (secondary N) is 1. The minimum absolute atomic E-state index is 0.230. The second kappa shape index (κ2) is 9.93. The summed E-state index contributed by atoms with van der Waals surface area (Å²) in [5.74, 6) is -0.00511. The van der Waals surface area contributed by atoms with Gasteiger partial charge in [-0.15, -0.1) is 11.3 Å². The average molecular weight is 443 g/mol. The normalized spacial score (nSPS) is 18.6. The summed E-state index contributed by atoms with van der Waals surface area (Å²) in [5, 5.41) is 4.87. The van der Waals surface area contributed by atoms with Crippen LogP contribution in [0.15, 0.2) is 30.6 Å². The van der Waals surface area contributed by atoms with Crippen LogP contribution in [0, 0.1) is 5.92 Å². The van der Waals surface area contributed by atoms with Crippen LogP contribution in [0.4, 0.5) is 15.5 Å². The van der Waals surface area contributed by atoms with Crippen molar-refractivity contribution in [3.63, 3.8) is 0 Å². The van der Waals surface area contributed by atoms with Crippen LogP contribution in [0.2, 0.25) is 0 Å². The number of anilines is 2. The van der Waals surface area contributed by atoms with Gasteiger partial charge in [-0.3, -0.25) is 14.6 Å². The van der Waals surface area contributed by atoms with E-state index in [0.29, 0.717) is 30.4 Å². The molecule has 2 aliphatic rings. The Morgan fingerprint density at radius 3 is 3.10 bits per heavy atom. The molecule has 0 aromatic carbocycles. The summed E-state index contributed by atoms with van der Waals surface area (Å²) in [6, 6.07) is 3.69. The molecule has 2 amide bonds. The van der Waals surface area contributed by atoms with Gasteiger partial charge in [-0.05, 0) is 61.3 Å². The van der Waals surface area contributed by atoms with E-state index in [1.165, 1.54) is 22.5 Å². The summed E-state index contributed by atoms with van der Waals surface area (Å²) in [4.78, 5) is 34.9. The first-order chi connectivity index (χ1) is 15.1. The molecule has 0 saturated carbocycles. The smallest absolute Gasteiger partial charge is 0.433 e. The summed E-state index contributed by atoms with van der Waals surface area (Å²) in [6.45, 7) is 1.49. The number of nitrogen functional groups attached to an aromatic ring is 1. The third-order valence-corrected chi connectivity index (χ3v) is 6.59. The van der Waals surface area contributed by atoms with E-state index >= 15 is 0 Å². The molecule has 0 bridgehead atoms. The molecule has 1 fully saturated rings. The summed E-state index contributed by atoms with van der Waals surface area (Å²) in [6.07, 6.45) is 10.5. The SMILES string of the molecule is Nc1c(NC(=O)/C=C/c2cccnc2)sc2c1CCC(COC(=O)N1CCCCO1)C2. The Balaban J connectivity index is 1.32. The number of hydrogen-bond acceptors (Lipinski definition) is 7. The van der Waals surface area contributed by atoms with Crippen LogP contribution in [0.5, 0.6) is 0 Å². The lowest BCUT2D eigenvalue weighted by atomic mass is 9.89. The van der Waals surface area contributed by atoms with Gasteiger partial charge >= 0.3 is 6.09 Å². The van der Waals surface area contributed by atoms with E-state index in [2.05, 4.69) is 10.3 Å². The Hall–Kier alpha value is -2.91. The second-order valence-electron chi connectivity index (χ2n) is 7.68. The van der Waals surface area contributed by atoms with Crippen LogP contribution < -0.4 is 11.1 Å². The molecule has 1 atom stereocenters. The number of pyridine rings is 1. The van der Waals surface area contributed by atoms with Crippen molar-refractivity contribution in [3.8, 4) is 0 Å². The fourth-order valence-electron chi connectivity index (χ4n) is 3.72. The molecule has 8 nitrogen and oxygen atoms in total. The Labute approximate surface area is 185 Å². The molecule has 1 aliphatic carbocycles. The van der Waals surface area contributed by atoms with Gasteiger partial charge in [0.25, 0.3) is 0 Å².